The SMILES string of the molecule is O=C(CN1C(=O)N/C(=C\c2cc(Br)cc(Br)c2O)C1=O)Nc1ccc(O)cc1. The van der Waals surface area contributed by atoms with Gasteiger partial charge in [-0.1, -0.05) is 15.9 Å². The zero-order valence-corrected chi connectivity index (χ0v) is 17.2. The molecule has 0 bridgehead atoms. The highest BCUT2D eigenvalue weighted by molar-refractivity contribution is 9.11. The van der Waals surface area contributed by atoms with Crippen LogP contribution in [0, 0.1) is 0 Å². The molecule has 4 N–H and O–H groups in total. The number of urea groups is 1. The van der Waals surface area contributed by atoms with Crippen molar-refractivity contribution in [3.05, 3.63) is 56.6 Å². The number of nitrogens with zero attached hydrogens (tertiary/aromatic N) is 1. The first-order valence-electron chi connectivity index (χ1n) is 7.86. The largest absolute Gasteiger partial charge is 0.508 e. The fourth-order valence-electron chi connectivity index (χ4n) is 2.46. The van der Waals surface area contributed by atoms with Crippen molar-refractivity contribution < 1.29 is 24.6 Å². The van der Waals surface area contributed by atoms with Crippen molar-refractivity contribution in [1.29, 1.82) is 0 Å². The Labute approximate surface area is 176 Å². The average molecular weight is 511 g/mol. The van der Waals surface area contributed by atoms with Crippen LogP contribution in [0.4, 0.5) is 10.5 Å². The normalized spacial score (nSPS) is 15.1. The third kappa shape index (κ3) is 4.34. The van der Waals surface area contributed by atoms with E-state index in [1.165, 1.54) is 30.3 Å². The summed E-state index contributed by atoms with van der Waals surface area (Å²) in [6, 6.07) is 8.22. The molecule has 1 aliphatic heterocycles. The Morgan fingerprint density at radius 1 is 1.14 bits per heavy atom. The fraction of sp³-hybridized carbons (Fsp3) is 0.0556. The number of carbonyl (C=O) groups is 3. The molecule has 8 nitrogen and oxygen atoms in total. The summed E-state index contributed by atoms with van der Waals surface area (Å²) in [5, 5.41) is 24.3. The quantitative estimate of drug-likeness (QED) is 0.286. The zero-order valence-electron chi connectivity index (χ0n) is 14.1. The van der Waals surface area contributed by atoms with E-state index < -0.39 is 24.4 Å². The van der Waals surface area contributed by atoms with Gasteiger partial charge >= 0.3 is 6.03 Å². The lowest BCUT2D eigenvalue weighted by Gasteiger charge is -2.12. The van der Waals surface area contributed by atoms with Crippen molar-refractivity contribution in [3.8, 4) is 11.5 Å². The number of halogens is 2. The molecule has 3 rings (SSSR count). The van der Waals surface area contributed by atoms with Crippen LogP contribution in [0.3, 0.4) is 0 Å². The van der Waals surface area contributed by atoms with Crippen molar-refractivity contribution in [1.82, 2.24) is 10.2 Å². The number of phenolic OH excluding ortho intramolecular Hbond substituents is 2. The summed E-state index contributed by atoms with van der Waals surface area (Å²) in [6.07, 6.45) is 1.32. The Bertz CT molecular complexity index is 1010. The molecule has 28 heavy (non-hydrogen) atoms. The summed E-state index contributed by atoms with van der Waals surface area (Å²) in [7, 11) is 0. The highest BCUT2D eigenvalue weighted by Gasteiger charge is 2.35. The molecular formula is C18H13Br2N3O5. The minimum atomic E-state index is -0.745. The number of benzene rings is 2. The van der Waals surface area contributed by atoms with Gasteiger partial charge in [-0.15, -0.1) is 0 Å². The first-order valence-corrected chi connectivity index (χ1v) is 9.44. The van der Waals surface area contributed by atoms with Gasteiger partial charge in [-0.05, 0) is 58.4 Å². The maximum Gasteiger partial charge on any atom is 0.329 e. The van der Waals surface area contributed by atoms with E-state index in [0.717, 1.165) is 4.90 Å². The molecule has 2 aromatic rings. The van der Waals surface area contributed by atoms with Crippen LogP contribution < -0.4 is 10.6 Å². The molecule has 4 amide bonds. The second-order valence-corrected chi connectivity index (χ2v) is 7.57. The number of imide groups is 1. The van der Waals surface area contributed by atoms with Crippen molar-refractivity contribution in [2.75, 3.05) is 11.9 Å². The highest BCUT2D eigenvalue weighted by atomic mass is 79.9. The van der Waals surface area contributed by atoms with Gasteiger partial charge in [0.25, 0.3) is 5.91 Å². The van der Waals surface area contributed by atoms with Crippen LogP contribution in [0.1, 0.15) is 5.56 Å². The fourth-order valence-corrected chi connectivity index (χ4v) is 3.71. The molecule has 0 radical (unpaired) electrons. The number of phenols is 2. The number of nitrogens with one attached hydrogen (secondary N) is 2. The minimum Gasteiger partial charge on any atom is -0.508 e. The number of carbonyl (C=O) groups excluding carboxylic acids is 3. The van der Waals surface area contributed by atoms with Gasteiger partial charge in [0.05, 0.1) is 4.47 Å². The van der Waals surface area contributed by atoms with Crippen LogP contribution in [0.5, 0.6) is 11.5 Å². The van der Waals surface area contributed by atoms with Crippen LogP contribution >= 0.6 is 31.9 Å². The predicted molar refractivity (Wildman–Crippen MR) is 108 cm³/mol. The third-order valence-corrected chi connectivity index (χ3v) is 4.83. The Morgan fingerprint density at radius 3 is 2.50 bits per heavy atom. The topological polar surface area (TPSA) is 119 Å². The Balaban J connectivity index is 1.74. The first kappa shape index (κ1) is 19.9. The van der Waals surface area contributed by atoms with Crippen molar-refractivity contribution >= 4 is 61.5 Å². The standard InChI is InChI=1S/C18H13Br2N3O5/c19-10-5-9(16(26)13(20)7-10)6-14-17(27)23(18(28)22-14)8-15(25)21-11-1-3-12(24)4-2-11/h1-7,24,26H,8H2,(H,21,25)(H,22,28)/b14-6-. The minimum absolute atomic E-state index is 0.0457. The molecule has 1 heterocycles. The summed E-state index contributed by atoms with van der Waals surface area (Å²) < 4.78 is 1.07. The smallest absolute Gasteiger partial charge is 0.329 e. The number of amides is 4. The van der Waals surface area contributed by atoms with Gasteiger partial charge in [0.2, 0.25) is 5.91 Å². The van der Waals surface area contributed by atoms with Crippen molar-refractivity contribution in [2.24, 2.45) is 0 Å². The molecule has 0 unspecified atom stereocenters. The number of hydrogen-bond donors (Lipinski definition) is 4. The number of aromatic hydroxyl groups is 2. The summed E-state index contributed by atoms with van der Waals surface area (Å²) in [5.74, 6) is -1.32. The van der Waals surface area contributed by atoms with Gasteiger partial charge in [-0.2, -0.15) is 0 Å². The molecular weight excluding hydrogens is 498 g/mol. The lowest BCUT2D eigenvalue weighted by atomic mass is 10.1. The van der Waals surface area contributed by atoms with Gasteiger partial charge in [-0.3, -0.25) is 9.59 Å². The molecule has 1 saturated heterocycles. The van der Waals surface area contributed by atoms with Crippen LogP contribution in [0.15, 0.2) is 51.0 Å². The van der Waals surface area contributed by atoms with Gasteiger partial charge in [0.15, 0.2) is 0 Å². The molecule has 144 valence electrons. The molecule has 1 fully saturated rings. The Kier molecular flexibility index (Phi) is 5.71. The van der Waals surface area contributed by atoms with E-state index in [4.69, 9.17) is 0 Å². The first-order chi connectivity index (χ1) is 13.2. The van der Waals surface area contributed by atoms with E-state index in [2.05, 4.69) is 42.5 Å². The summed E-state index contributed by atoms with van der Waals surface area (Å²) in [4.78, 5) is 37.5. The third-order valence-electron chi connectivity index (χ3n) is 3.77. The number of rotatable bonds is 4. The van der Waals surface area contributed by atoms with Crippen LogP contribution in [-0.2, 0) is 9.59 Å². The Hall–Kier alpha value is -2.85. The zero-order chi connectivity index (χ0) is 20.4. The van der Waals surface area contributed by atoms with E-state index in [1.54, 1.807) is 12.1 Å². The van der Waals surface area contributed by atoms with Gasteiger partial charge in [0.1, 0.15) is 23.7 Å². The number of hydrogen-bond acceptors (Lipinski definition) is 5. The Morgan fingerprint density at radius 2 is 1.82 bits per heavy atom. The van der Waals surface area contributed by atoms with E-state index in [9.17, 15) is 24.6 Å². The molecule has 0 spiro atoms. The summed E-state index contributed by atoms with van der Waals surface area (Å²) >= 11 is 6.48. The molecule has 0 aliphatic carbocycles. The number of anilines is 1. The lowest BCUT2D eigenvalue weighted by molar-refractivity contribution is -0.127. The summed E-state index contributed by atoms with van der Waals surface area (Å²) in [5.41, 5.74) is 0.651. The average Bonchev–Trinajstić information content (AvgIpc) is 2.88. The molecule has 0 atom stereocenters. The summed E-state index contributed by atoms with van der Waals surface area (Å²) in [6.45, 7) is -0.489. The van der Waals surface area contributed by atoms with Crippen molar-refractivity contribution in [2.45, 2.75) is 0 Å². The van der Waals surface area contributed by atoms with Crippen molar-refractivity contribution in [3.63, 3.8) is 0 Å². The predicted octanol–water partition coefficient (Wildman–Crippen LogP) is 3.15. The van der Waals surface area contributed by atoms with Crippen LogP contribution in [-0.4, -0.2) is 39.5 Å². The van der Waals surface area contributed by atoms with Gasteiger partial charge in [-0.25, -0.2) is 9.69 Å². The lowest BCUT2D eigenvalue weighted by Crippen LogP contribution is -2.38. The molecule has 0 aromatic heterocycles. The maximum atomic E-state index is 12.5. The molecule has 0 saturated carbocycles. The second-order valence-electron chi connectivity index (χ2n) is 5.80. The van der Waals surface area contributed by atoms with Crippen LogP contribution in [0.2, 0.25) is 0 Å². The van der Waals surface area contributed by atoms with E-state index in [-0.39, 0.29) is 17.2 Å². The maximum absolute atomic E-state index is 12.5. The molecule has 2 aromatic carbocycles. The van der Waals surface area contributed by atoms with E-state index in [1.807, 2.05) is 0 Å². The van der Waals surface area contributed by atoms with E-state index >= 15 is 0 Å². The monoisotopic (exact) mass is 509 g/mol. The van der Waals surface area contributed by atoms with E-state index in [0.29, 0.717) is 20.2 Å². The second kappa shape index (κ2) is 8.03. The highest BCUT2D eigenvalue weighted by Crippen LogP contribution is 2.33. The van der Waals surface area contributed by atoms with Gasteiger partial charge < -0.3 is 20.8 Å². The molecule has 10 heteroatoms. The molecule has 1 aliphatic rings. The van der Waals surface area contributed by atoms with Gasteiger partial charge in [0, 0.05) is 15.7 Å². The van der Waals surface area contributed by atoms with Crippen LogP contribution in [0.25, 0.3) is 6.08 Å².